The second kappa shape index (κ2) is 7.27. The molecular weight excluding hydrogens is 182 g/mol. The first-order valence-corrected chi connectivity index (χ1v) is 6.63. The van der Waals surface area contributed by atoms with E-state index in [1.807, 2.05) is 0 Å². The van der Waals surface area contributed by atoms with Crippen LogP contribution in [0.1, 0.15) is 60.8 Å². The number of hydrogen-bond donors (Lipinski definition) is 1. The van der Waals surface area contributed by atoms with Crippen molar-refractivity contribution < 1.29 is 0 Å². The summed E-state index contributed by atoms with van der Waals surface area (Å²) in [6.07, 6.45) is 4.02. The molecule has 0 saturated heterocycles. The van der Waals surface area contributed by atoms with E-state index >= 15 is 0 Å². The Bertz CT molecular complexity index is 151. The molecule has 0 aliphatic carbocycles. The highest BCUT2D eigenvalue weighted by Crippen LogP contribution is 2.32. The van der Waals surface area contributed by atoms with Crippen LogP contribution in [0.3, 0.4) is 0 Å². The maximum Gasteiger partial charge on any atom is 0.000772 e. The van der Waals surface area contributed by atoms with Gasteiger partial charge in [0.05, 0.1) is 0 Å². The zero-order valence-corrected chi connectivity index (χ0v) is 11.7. The second-order valence-electron chi connectivity index (χ2n) is 5.94. The van der Waals surface area contributed by atoms with Crippen molar-refractivity contribution in [3.05, 3.63) is 0 Å². The highest BCUT2D eigenvalue weighted by molar-refractivity contribution is 4.80. The Morgan fingerprint density at radius 3 is 2.13 bits per heavy atom. The number of unbranched alkanes of at least 4 members (excludes halogenated alkanes) is 1. The first kappa shape index (κ1) is 15.0. The fourth-order valence-corrected chi connectivity index (χ4v) is 1.81. The van der Waals surface area contributed by atoms with E-state index in [0.29, 0.717) is 5.41 Å². The molecule has 0 aliphatic heterocycles. The molecule has 1 unspecified atom stereocenters. The van der Waals surface area contributed by atoms with Gasteiger partial charge in [-0.25, -0.2) is 0 Å². The zero-order chi connectivity index (χ0) is 11.9. The first-order chi connectivity index (χ1) is 6.92. The average molecular weight is 213 g/mol. The van der Waals surface area contributed by atoms with Crippen molar-refractivity contribution in [2.75, 3.05) is 13.1 Å². The third kappa shape index (κ3) is 6.19. The molecule has 0 aromatic rings. The molecule has 0 aromatic carbocycles. The molecule has 0 rings (SSSR count). The minimum atomic E-state index is 0.477. The fourth-order valence-electron chi connectivity index (χ4n) is 1.81. The van der Waals surface area contributed by atoms with Crippen molar-refractivity contribution in [3.63, 3.8) is 0 Å². The molecular formula is C14H31N. The molecule has 0 saturated carbocycles. The molecule has 0 fully saturated rings. The lowest BCUT2D eigenvalue weighted by molar-refractivity contribution is 0.184. The molecule has 0 aromatic heterocycles. The van der Waals surface area contributed by atoms with Gasteiger partial charge in [0.15, 0.2) is 0 Å². The van der Waals surface area contributed by atoms with Crippen molar-refractivity contribution in [1.29, 1.82) is 0 Å². The molecule has 15 heavy (non-hydrogen) atoms. The Kier molecular flexibility index (Phi) is 7.25. The summed E-state index contributed by atoms with van der Waals surface area (Å²) in [6, 6.07) is 0. The lowest BCUT2D eigenvalue weighted by Gasteiger charge is -2.34. The van der Waals surface area contributed by atoms with E-state index in [0.717, 1.165) is 18.4 Å². The quantitative estimate of drug-likeness (QED) is 0.640. The van der Waals surface area contributed by atoms with Crippen LogP contribution in [-0.4, -0.2) is 13.1 Å². The maximum atomic E-state index is 3.62. The molecule has 1 N–H and O–H groups in total. The van der Waals surface area contributed by atoms with E-state index in [1.165, 1.54) is 25.8 Å². The summed E-state index contributed by atoms with van der Waals surface area (Å²) in [5.41, 5.74) is 0.477. The average Bonchev–Trinajstić information content (AvgIpc) is 2.14. The normalized spacial score (nSPS) is 16.0. The van der Waals surface area contributed by atoms with Crippen LogP contribution in [0.15, 0.2) is 0 Å². The SMILES string of the molecule is CCCCC(C)(CNCC(C)C)C(C)C. The lowest BCUT2D eigenvalue weighted by Crippen LogP contribution is -2.37. The van der Waals surface area contributed by atoms with Crippen molar-refractivity contribution in [3.8, 4) is 0 Å². The Morgan fingerprint density at radius 2 is 1.73 bits per heavy atom. The van der Waals surface area contributed by atoms with Crippen LogP contribution < -0.4 is 5.32 Å². The van der Waals surface area contributed by atoms with Gasteiger partial charge in [0.25, 0.3) is 0 Å². The maximum absolute atomic E-state index is 3.62. The molecule has 1 heteroatoms. The van der Waals surface area contributed by atoms with Gasteiger partial charge in [-0.1, -0.05) is 54.4 Å². The van der Waals surface area contributed by atoms with Gasteiger partial charge >= 0.3 is 0 Å². The lowest BCUT2D eigenvalue weighted by atomic mass is 9.75. The summed E-state index contributed by atoms with van der Waals surface area (Å²) >= 11 is 0. The van der Waals surface area contributed by atoms with E-state index in [9.17, 15) is 0 Å². The van der Waals surface area contributed by atoms with Crippen LogP contribution >= 0.6 is 0 Å². The van der Waals surface area contributed by atoms with Gasteiger partial charge in [-0.2, -0.15) is 0 Å². The molecule has 0 aliphatic rings. The summed E-state index contributed by atoms with van der Waals surface area (Å²) in [6.45, 7) is 16.3. The van der Waals surface area contributed by atoms with E-state index in [1.54, 1.807) is 0 Å². The van der Waals surface area contributed by atoms with Gasteiger partial charge in [-0.05, 0) is 30.2 Å². The fraction of sp³-hybridized carbons (Fsp3) is 1.00. The van der Waals surface area contributed by atoms with Crippen molar-refractivity contribution in [2.45, 2.75) is 60.8 Å². The van der Waals surface area contributed by atoms with E-state index in [4.69, 9.17) is 0 Å². The first-order valence-electron chi connectivity index (χ1n) is 6.63. The van der Waals surface area contributed by atoms with Gasteiger partial charge in [-0.3, -0.25) is 0 Å². The number of hydrogen-bond acceptors (Lipinski definition) is 1. The predicted octanol–water partition coefficient (Wildman–Crippen LogP) is 4.08. The second-order valence-corrected chi connectivity index (χ2v) is 5.94. The molecule has 0 amide bonds. The van der Waals surface area contributed by atoms with Crippen LogP contribution in [0.5, 0.6) is 0 Å². The van der Waals surface area contributed by atoms with E-state index in [-0.39, 0.29) is 0 Å². The van der Waals surface area contributed by atoms with Crippen LogP contribution in [0.2, 0.25) is 0 Å². The Labute approximate surface area is 97.0 Å². The van der Waals surface area contributed by atoms with Crippen LogP contribution in [-0.2, 0) is 0 Å². The highest BCUT2D eigenvalue weighted by Gasteiger charge is 2.26. The molecule has 1 atom stereocenters. The van der Waals surface area contributed by atoms with Gasteiger partial charge in [0.2, 0.25) is 0 Å². The largest absolute Gasteiger partial charge is 0.316 e. The molecule has 0 heterocycles. The third-order valence-corrected chi connectivity index (χ3v) is 3.58. The topological polar surface area (TPSA) is 12.0 Å². The monoisotopic (exact) mass is 213 g/mol. The molecule has 0 radical (unpaired) electrons. The molecule has 0 spiro atoms. The zero-order valence-electron chi connectivity index (χ0n) is 11.7. The summed E-state index contributed by atoms with van der Waals surface area (Å²) in [5, 5.41) is 3.62. The van der Waals surface area contributed by atoms with Crippen LogP contribution in [0, 0.1) is 17.3 Å². The molecule has 92 valence electrons. The predicted molar refractivity (Wildman–Crippen MR) is 70.2 cm³/mol. The van der Waals surface area contributed by atoms with Crippen molar-refractivity contribution in [1.82, 2.24) is 5.32 Å². The summed E-state index contributed by atoms with van der Waals surface area (Å²) in [7, 11) is 0. The minimum Gasteiger partial charge on any atom is -0.316 e. The van der Waals surface area contributed by atoms with Gasteiger partial charge in [0, 0.05) is 6.54 Å². The standard InChI is InChI=1S/C14H31N/c1-7-8-9-14(6,13(4)5)11-15-10-12(2)3/h12-13,15H,7-11H2,1-6H3. The Balaban J connectivity index is 4.01. The highest BCUT2D eigenvalue weighted by atomic mass is 14.9. The Morgan fingerprint density at radius 1 is 1.13 bits per heavy atom. The minimum absolute atomic E-state index is 0.477. The molecule has 1 nitrogen and oxygen atoms in total. The van der Waals surface area contributed by atoms with E-state index < -0.39 is 0 Å². The number of rotatable bonds is 8. The smallest absolute Gasteiger partial charge is 0.000772 e. The van der Waals surface area contributed by atoms with Gasteiger partial charge in [0.1, 0.15) is 0 Å². The van der Waals surface area contributed by atoms with Crippen molar-refractivity contribution >= 4 is 0 Å². The summed E-state index contributed by atoms with van der Waals surface area (Å²) in [4.78, 5) is 0. The molecule has 0 bridgehead atoms. The van der Waals surface area contributed by atoms with E-state index in [2.05, 4.69) is 46.9 Å². The van der Waals surface area contributed by atoms with Gasteiger partial charge in [-0.15, -0.1) is 0 Å². The number of nitrogens with one attached hydrogen (secondary N) is 1. The van der Waals surface area contributed by atoms with Crippen LogP contribution in [0.25, 0.3) is 0 Å². The van der Waals surface area contributed by atoms with Gasteiger partial charge < -0.3 is 5.32 Å². The summed E-state index contributed by atoms with van der Waals surface area (Å²) < 4.78 is 0. The van der Waals surface area contributed by atoms with Crippen LogP contribution in [0.4, 0.5) is 0 Å². The Hall–Kier alpha value is -0.0400. The van der Waals surface area contributed by atoms with Crippen molar-refractivity contribution in [2.24, 2.45) is 17.3 Å². The summed E-state index contributed by atoms with van der Waals surface area (Å²) in [5.74, 6) is 1.52. The third-order valence-electron chi connectivity index (χ3n) is 3.58.